The molecule has 1 N–H and O–H groups in total. The Morgan fingerprint density at radius 1 is 1.50 bits per heavy atom. The summed E-state index contributed by atoms with van der Waals surface area (Å²) >= 11 is 0. The predicted octanol–water partition coefficient (Wildman–Crippen LogP) is 2.31. The molecule has 1 aliphatic rings. The van der Waals surface area contributed by atoms with Gasteiger partial charge in [0.15, 0.2) is 0 Å². The minimum absolute atomic E-state index is 0. The van der Waals surface area contributed by atoms with Gasteiger partial charge in [0, 0.05) is 64.3 Å². The fraction of sp³-hybridized carbons (Fsp3) is 0.812. The van der Waals surface area contributed by atoms with Crippen molar-refractivity contribution in [1.29, 1.82) is 0 Å². The number of ketones is 1. The predicted molar refractivity (Wildman–Crippen MR) is 84.3 cm³/mol. The molecule has 5 atom stereocenters. The summed E-state index contributed by atoms with van der Waals surface area (Å²) in [5, 5.41) is 0. The minimum atomic E-state index is -0.695. The van der Waals surface area contributed by atoms with Crippen LogP contribution < -0.4 is 0 Å². The third-order valence-corrected chi connectivity index (χ3v) is 4.70. The molecule has 1 aliphatic heterocycles. The summed E-state index contributed by atoms with van der Waals surface area (Å²) in [4.78, 5) is 13.9. The first kappa shape index (κ1) is 22.7. The number of Topliss-reactive ketones (excluding diaryl/α,β-unsaturated/α-hetero) is 1. The maximum atomic E-state index is 11.8. The van der Waals surface area contributed by atoms with Crippen molar-refractivity contribution < 1.29 is 58.3 Å². The standard InChI is InChI=1S/C16H29N2O3.Ac/c1-7-8-12-9-13(11(2)19)18(4)14(12)15(17)16(3,21-6)10-20-5;/h7-8,12-15,17H,9-10H2,1-6H3;/q-1;/b8-7-;/t12-,13-,14?,15?,16?;/m1./s1. The molecule has 0 aromatic carbocycles. The van der Waals surface area contributed by atoms with Gasteiger partial charge < -0.3 is 15.2 Å². The molecule has 5 nitrogen and oxygen atoms in total. The summed E-state index contributed by atoms with van der Waals surface area (Å²) in [6.45, 7) is 5.85. The van der Waals surface area contributed by atoms with Crippen LogP contribution in [-0.2, 0) is 14.3 Å². The molecule has 1 saturated heterocycles. The second-order valence-corrected chi connectivity index (χ2v) is 6.14. The largest absolute Gasteiger partial charge is 0.671 e. The van der Waals surface area contributed by atoms with Crippen LogP contribution in [0.15, 0.2) is 12.2 Å². The number of ether oxygens (including phenoxy) is 2. The Morgan fingerprint density at radius 2 is 2.09 bits per heavy atom. The molecule has 22 heavy (non-hydrogen) atoms. The average molecular weight is 524 g/mol. The van der Waals surface area contributed by atoms with Gasteiger partial charge in [-0.3, -0.25) is 9.69 Å². The molecule has 0 aliphatic carbocycles. The van der Waals surface area contributed by atoms with Gasteiger partial charge in [0.05, 0.1) is 18.2 Å². The van der Waals surface area contributed by atoms with Gasteiger partial charge in [0.1, 0.15) is 5.78 Å². The van der Waals surface area contributed by atoms with Gasteiger partial charge in [-0.05, 0) is 40.2 Å². The molecule has 1 radical (unpaired) electrons. The number of likely N-dealkylation sites (tertiary alicyclic amines) is 1. The Balaban J connectivity index is 0.00000441. The minimum Gasteiger partial charge on any atom is -0.671 e. The quantitative estimate of drug-likeness (QED) is 0.480. The Bertz CT molecular complexity index is 392. The van der Waals surface area contributed by atoms with E-state index >= 15 is 0 Å². The summed E-state index contributed by atoms with van der Waals surface area (Å²) in [6.07, 6.45) is 4.87. The molecule has 0 aromatic rings. The number of methoxy groups -OCH3 is 2. The summed E-state index contributed by atoms with van der Waals surface area (Å²) in [6, 6.07) is -0.680. The van der Waals surface area contributed by atoms with Crippen molar-refractivity contribution in [2.75, 3.05) is 27.9 Å². The fourth-order valence-electron chi connectivity index (χ4n) is 3.37. The van der Waals surface area contributed by atoms with E-state index in [1.165, 1.54) is 0 Å². The number of nitrogens with zero attached hydrogens (tertiary/aromatic N) is 1. The molecule has 0 amide bonds. The Labute approximate surface area is 170 Å². The molecular formula is C16H29AcN2O3-. The van der Waals surface area contributed by atoms with E-state index in [-0.39, 0.29) is 67.8 Å². The van der Waals surface area contributed by atoms with Crippen molar-refractivity contribution in [1.82, 2.24) is 4.90 Å². The first-order valence-corrected chi connectivity index (χ1v) is 7.42. The van der Waals surface area contributed by atoms with Crippen LogP contribution >= 0.6 is 0 Å². The van der Waals surface area contributed by atoms with Gasteiger partial charge in [-0.1, -0.05) is 18.2 Å². The molecule has 6 heteroatoms. The van der Waals surface area contributed by atoms with Gasteiger partial charge in [-0.2, -0.15) is 0 Å². The third-order valence-electron chi connectivity index (χ3n) is 4.70. The van der Waals surface area contributed by atoms with Gasteiger partial charge in [0.25, 0.3) is 0 Å². The Morgan fingerprint density at radius 3 is 2.50 bits per heavy atom. The second-order valence-electron chi connectivity index (χ2n) is 6.14. The van der Waals surface area contributed by atoms with Crippen molar-refractivity contribution in [3.8, 4) is 0 Å². The number of rotatable bonds is 7. The van der Waals surface area contributed by atoms with Gasteiger partial charge >= 0.3 is 0 Å². The molecule has 0 bridgehead atoms. The second kappa shape index (κ2) is 9.86. The SMILES string of the molecule is C/C=C\[C@@H]1C[C@H](C(C)=O)N(C)C1C([NH-])C(C)(COC)OC.[Ac]. The number of hydrogen-bond acceptors (Lipinski definition) is 4. The Hall–Kier alpha value is 0.692. The number of hydrogen-bond donors (Lipinski definition) is 0. The summed E-state index contributed by atoms with van der Waals surface area (Å²) in [5.74, 6) is 0.343. The van der Waals surface area contributed by atoms with Crippen LogP contribution in [0.25, 0.3) is 5.73 Å². The number of carbonyl (C=O) groups is 1. The van der Waals surface area contributed by atoms with Crippen LogP contribution in [0, 0.1) is 50.0 Å². The van der Waals surface area contributed by atoms with Crippen LogP contribution in [0.1, 0.15) is 27.2 Å². The van der Waals surface area contributed by atoms with Crippen LogP contribution in [-0.4, -0.2) is 62.3 Å². The van der Waals surface area contributed by atoms with E-state index in [9.17, 15) is 4.79 Å². The number of carbonyl (C=O) groups excluding carboxylic acids is 1. The molecule has 1 rings (SSSR count). The zero-order valence-corrected chi connectivity index (χ0v) is 19.4. The number of nitrogens with one attached hydrogen (secondary N) is 1. The normalized spacial score (nSPS) is 30.0. The van der Waals surface area contributed by atoms with Crippen molar-refractivity contribution in [2.45, 2.75) is 50.9 Å². The monoisotopic (exact) mass is 524 g/mol. The zero-order chi connectivity index (χ0) is 16.2. The average Bonchev–Trinajstić information content (AvgIpc) is 2.75. The van der Waals surface area contributed by atoms with E-state index in [4.69, 9.17) is 15.2 Å². The number of likely N-dealkylation sites (N-methyl/N-ethyl adjacent to an activating group) is 1. The third kappa shape index (κ3) is 4.85. The van der Waals surface area contributed by atoms with Crippen LogP contribution in [0.5, 0.6) is 0 Å². The molecule has 0 aromatic heterocycles. The molecule has 1 fully saturated rings. The van der Waals surface area contributed by atoms with Crippen molar-refractivity contribution in [3.63, 3.8) is 0 Å². The molecular weight excluding hydrogens is 495 g/mol. The van der Waals surface area contributed by atoms with E-state index in [2.05, 4.69) is 6.08 Å². The van der Waals surface area contributed by atoms with E-state index in [1.807, 2.05) is 31.9 Å². The first-order chi connectivity index (χ1) is 9.82. The van der Waals surface area contributed by atoms with E-state index in [0.717, 1.165) is 6.42 Å². The summed E-state index contributed by atoms with van der Waals surface area (Å²) in [5.41, 5.74) is 8.01. The number of allylic oxidation sites excluding steroid dienone is 1. The maximum Gasteiger partial charge on any atom is 0.146 e. The molecule has 125 valence electrons. The fourth-order valence-corrected chi connectivity index (χ4v) is 3.37. The van der Waals surface area contributed by atoms with Crippen LogP contribution in [0.4, 0.5) is 0 Å². The van der Waals surface area contributed by atoms with Gasteiger partial charge in [-0.25, -0.2) is 0 Å². The Kier molecular flexibility index (Phi) is 10.2. The maximum absolute atomic E-state index is 11.8. The van der Waals surface area contributed by atoms with E-state index < -0.39 is 11.6 Å². The molecule has 1 heterocycles. The first-order valence-electron chi connectivity index (χ1n) is 7.42. The smallest absolute Gasteiger partial charge is 0.146 e. The van der Waals surface area contributed by atoms with E-state index in [1.54, 1.807) is 21.1 Å². The topological polar surface area (TPSA) is 62.6 Å². The van der Waals surface area contributed by atoms with Gasteiger partial charge in [-0.15, -0.1) is 0 Å². The molecule has 0 spiro atoms. The zero-order valence-electron chi connectivity index (χ0n) is 14.6. The van der Waals surface area contributed by atoms with Crippen molar-refractivity contribution >= 4 is 5.78 Å². The van der Waals surface area contributed by atoms with Crippen molar-refractivity contribution in [3.05, 3.63) is 17.9 Å². The molecule has 0 saturated carbocycles. The summed E-state index contributed by atoms with van der Waals surface area (Å²) < 4.78 is 10.8. The van der Waals surface area contributed by atoms with E-state index in [0.29, 0.717) is 6.61 Å². The van der Waals surface area contributed by atoms with Crippen molar-refractivity contribution in [2.24, 2.45) is 5.92 Å². The van der Waals surface area contributed by atoms with Crippen LogP contribution in [0.2, 0.25) is 0 Å². The van der Waals surface area contributed by atoms with Crippen LogP contribution in [0.3, 0.4) is 0 Å². The molecule has 3 unspecified atom stereocenters. The summed E-state index contributed by atoms with van der Waals surface area (Å²) in [7, 11) is 5.16. The van der Waals surface area contributed by atoms with Gasteiger partial charge in [0.2, 0.25) is 0 Å².